The van der Waals surface area contributed by atoms with Gasteiger partial charge in [-0.15, -0.1) is 0 Å². The van der Waals surface area contributed by atoms with Crippen molar-refractivity contribution in [2.75, 3.05) is 12.0 Å². The van der Waals surface area contributed by atoms with Crippen molar-refractivity contribution in [1.82, 2.24) is 19.9 Å². The fourth-order valence-corrected chi connectivity index (χ4v) is 6.53. The van der Waals surface area contributed by atoms with Gasteiger partial charge in [0.15, 0.2) is 17.0 Å². The summed E-state index contributed by atoms with van der Waals surface area (Å²) in [6.45, 7) is 3.76. The van der Waals surface area contributed by atoms with Crippen LogP contribution in [-0.2, 0) is 23.8 Å². The molecule has 2 aromatic heterocycles. The number of hydrogen-bond acceptors (Lipinski definition) is 5. The number of carbonyl (C=O) groups excluding carboxylic acids is 2. The van der Waals surface area contributed by atoms with Crippen LogP contribution in [0.5, 0.6) is 5.75 Å². The van der Waals surface area contributed by atoms with Gasteiger partial charge in [-0.05, 0) is 86.9 Å². The van der Waals surface area contributed by atoms with Crippen molar-refractivity contribution in [1.29, 1.82) is 0 Å². The molecule has 2 aromatic carbocycles. The smallest absolute Gasteiger partial charge is 0.433 e. The van der Waals surface area contributed by atoms with Crippen LogP contribution in [0.3, 0.4) is 0 Å². The van der Waals surface area contributed by atoms with E-state index in [0.717, 1.165) is 41.3 Å². The highest BCUT2D eigenvalue weighted by Crippen LogP contribution is 2.38. The molecular weight excluding hydrogens is 571 g/mol. The van der Waals surface area contributed by atoms with Gasteiger partial charge in [0, 0.05) is 29.1 Å². The number of anilines is 1. The zero-order valence-electron chi connectivity index (χ0n) is 24.9. The van der Waals surface area contributed by atoms with Crippen LogP contribution in [0.1, 0.15) is 82.3 Å². The highest BCUT2D eigenvalue weighted by Gasteiger charge is 2.41. The van der Waals surface area contributed by atoms with E-state index >= 15 is 0 Å². The molecule has 1 fully saturated rings. The Hall–Kier alpha value is -4.41. The molecule has 2 heterocycles. The lowest BCUT2D eigenvalue weighted by molar-refractivity contribution is -0.143. The number of aromatic nitrogens is 3. The van der Waals surface area contributed by atoms with Crippen molar-refractivity contribution in [3.05, 3.63) is 87.9 Å². The molecular formula is C33H34F3N5O3. The summed E-state index contributed by atoms with van der Waals surface area (Å²) in [4.78, 5) is 34.5. The Morgan fingerprint density at radius 2 is 1.68 bits per heavy atom. The normalized spacial score (nSPS) is 15.8. The summed E-state index contributed by atoms with van der Waals surface area (Å²) in [5.74, 6) is -0.519. The molecule has 6 rings (SSSR count). The van der Waals surface area contributed by atoms with Gasteiger partial charge < -0.3 is 10.1 Å². The average Bonchev–Trinajstić information content (AvgIpc) is 3.74. The van der Waals surface area contributed by atoms with Gasteiger partial charge in [-0.3, -0.25) is 14.5 Å². The van der Waals surface area contributed by atoms with Gasteiger partial charge in [-0.2, -0.15) is 18.3 Å². The molecule has 8 nitrogen and oxygen atoms in total. The lowest BCUT2D eigenvalue weighted by Gasteiger charge is -2.32. The molecule has 1 N–H and O–H groups in total. The molecule has 2 aliphatic carbocycles. The first-order chi connectivity index (χ1) is 21.0. The van der Waals surface area contributed by atoms with Crippen LogP contribution in [0, 0.1) is 13.8 Å². The number of nitrogens with zero attached hydrogens (tertiary/aromatic N) is 4. The number of halogens is 3. The van der Waals surface area contributed by atoms with E-state index < -0.39 is 23.8 Å². The Bertz CT molecular complexity index is 1710. The molecule has 4 aromatic rings. The number of methoxy groups -OCH3 is 1. The second-order valence-electron chi connectivity index (χ2n) is 11.7. The Labute approximate surface area is 253 Å². The Morgan fingerprint density at radius 3 is 2.32 bits per heavy atom. The van der Waals surface area contributed by atoms with Crippen LogP contribution in [0.15, 0.2) is 48.5 Å². The minimum absolute atomic E-state index is 0.0319. The molecule has 44 heavy (non-hydrogen) atoms. The van der Waals surface area contributed by atoms with Crippen molar-refractivity contribution in [3.8, 4) is 5.75 Å². The summed E-state index contributed by atoms with van der Waals surface area (Å²) in [7, 11) is 1.53. The van der Waals surface area contributed by atoms with E-state index in [2.05, 4.69) is 15.4 Å². The van der Waals surface area contributed by atoms with E-state index in [1.165, 1.54) is 18.1 Å². The van der Waals surface area contributed by atoms with Crippen LogP contribution in [0.4, 0.5) is 18.9 Å². The fourth-order valence-electron chi connectivity index (χ4n) is 6.53. The Morgan fingerprint density at radius 1 is 1.00 bits per heavy atom. The van der Waals surface area contributed by atoms with Gasteiger partial charge >= 0.3 is 6.18 Å². The summed E-state index contributed by atoms with van der Waals surface area (Å²) < 4.78 is 49.1. The van der Waals surface area contributed by atoms with Gasteiger partial charge in [-0.25, -0.2) is 9.50 Å². The van der Waals surface area contributed by atoms with Gasteiger partial charge in [0.2, 0.25) is 5.91 Å². The first-order valence-electron chi connectivity index (χ1n) is 14.9. The molecule has 0 unspecified atom stereocenters. The molecule has 1 atom stereocenters. The Balaban J connectivity index is 1.52. The fraction of sp³-hybridized carbons (Fsp3) is 0.394. The summed E-state index contributed by atoms with van der Waals surface area (Å²) in [6, 6.07) is 12.5. The van der Waals surface area contributed by atoms with Gasteiger partial charge in [-0.1, -0.05) is 31.0 Å². The molecule has 2 aliphatic rings. The van der Waals surface area contributed by atoms with Crippen LogP contribution in [0.25, 0.3) is 5.65 Å². The summed E-state index contributed by atoms with van der Waals surface area (Å²) in [6.07, 6.45) is 0.218. The number of carbonyl (C=O) groups is 2. The number of hydrogen-bond donors (Lipinski definition) is 1. The minimum atomic E-state index is -4.69. The standard InChI is InChI=1S/C33H34F3N5O3/c1-19-15-20(2)17-23(16-19)40(29(21-11-13-24(44-3)14-12-21)31(42)37-22-7-4-5-8-22)32(43)27-18-28-38-26-10-6-9-25(26)30(33(34,35)36)41(28)39-27/h11-18,22,29H,4-10H2,1-3H3,(H,37,42)/t29-/m0/s1. The van der Waals surface area contributed by atoms with E-state index in [4.69, 9.17) is 4.74 Å². The molecule has 11 heteroatoms. The topological polar surface area (TPSA) is 88.8 Å². The summed E-state index contributed by atoms with van der Waals surface area (Å²) in [5, 5.41) is 7.33. The molecule has 0 saturated heterocycles. The highest BCUT2D eigenvalue weighted by molar-refractivity contribution is 6.09. The van der Waals surface area contributed by atoms with Crippen molar-refractivity contribution >= 4 is 23.1 Å². The molecule has 0 spiro atoms. The lowest BCUT2D eigenvalue weighted by atomic mass is 10.0. The van der Waals surface area contributed by atoms with E-state index in [-0.39, 0.29) is 35.3 Å². The minimum Gasteiger partial charge on any atom is -0.497 e. The van der Waals surface area contributed by atoms with Crippen molar-refractivity contribution in [2.24, 2.45) is 0 Å². The second-order valence-corrected chi connectivity index (χ2v) is 11.7. The average molecular weight is 606 g/mol. The van der Waals surface area contributed by atoms with Crippen LogP contribution < -0.4 is 15.0 Å². The number of rotatable bonds is 7. The first-order valence-corrected chi connectivity index (χ1v) is 14.9. The molecule has 0 aliphatic heterocycles. The van der Waals surface area contributed by atoms with Gasteiger partial charge in [0.1, 0.15) is 11.8 Å². The summed E-state index contributed by atoms with van der Waals surface area (Å²) in [5.41, 5.74) is 1.95. The quantitative estimate of drug-likeness (QED) is 0.267. The number of aryl methyl sites for hydroxylation is 3. The van der Waals surface area contributed by atoms with Crippen molar-refractivity contribution in [3.63, 3.8) is 0 Å². The van der Waals surface area contributed by atoms with Gasteiger partial charge in [0.05, 0.1) is 7.11 Å². The van der Waals surface area contributed by atoms with Crippen molar-refractivity contribution in [2.45, 2.75) is 77.1 Å². The largest absolute Gasteiger partial charge is 0.497 e. The van der Waals surface area contributed by atoms with Crippen molar-refractivity contribution < 1.29 is 27.5 Å². The lowest BCUT2D eigenvalue weighted by Crippen LogP contribution is -2.46. The SMILES string of the molecule is COc1ccc([C@@H](C(=O)NC2CCCC2)N(C(=O)c2cc3nc4c(c(C(F)(F)F)n3n2)CCC4)c2cc(C)cc(C)c2)cc1. The molecule has 230 valence electrons. The Kier molecular flexibility index (Phi) is 7.81. The third-order valence-electron chi connectivity index (χ3n) is 8.46. The van der Waals surface area contributed by atoms with Gasteiger partial charge in [0.25, 0.3) is 5.91 Å². The van der Waals surface area contributed by atoms with E-state index in [0.29, 0.717) is 35.5 Å². The second kappa shape index (κ2) is 11.6. The third kappa shape index (κ3) is 5.62. The predicted octanol–water partition coefficient (Wildman–Crippen LogP) is 6.31. The zero-order valence-corrected chi connectivity index (χ0v) is 24.9. The molecule has 1 saturated carbocycles. The molecule has 0 radical (unpaired) electrons. The van der Waals surface area contributed by atoms with Crippen LogP contribution in [0.2, 0.25) is 0 Å². The number of alkyl halides is 3. The maximum Gasteiger partial charge on any atom is 0.433 e. The maximum atomic E-state index is 14.6. The number of ether oxygens (including phenoxy) is 1. The van der Waals surface area contributed by atoms with Crippen LogP contribution >= 0.6 is 0 Å². The number of nitrogens with one attached hydrogen (secondary N) is 1. The highest BCUT2D eigenvalue weighted by atomic mass is 19.4. The first kappa shape index (κ1) is 29.7. The number of fused-ring (bicyclic) bond motifs is 2. The number of amides is 2. The number of benzene rings is 2. The van der Waals surface area contributed by atoms with E-state index in [1.807, 2.05) is 19.9 Å². The predicted molar refractivity (Wildman–Crippen MR) is 159 cm³/mol. The molecule has 2 amide bonds. The van der Waals surface area contributed by atoms with E-state index in [9.17, 15) is 22.8 Å². The van der Waals surface area contributed by atoms with Crippen LogP contribution in [-0.4, -0.2) is 39.6 Å². The maximum absolute atomic E-state index is 14.6. The third-order valence-corrected chi connectivity index (χ3v) is 8.46. The monoisotopic (exact) mass is 605 g/mol. The summed E-state index contributed by atoms with van der Waals surface area (Å²) >= 11 is 0. The molecule has 0 bridgehead atoms. The zero-order chi connectivity index (χ0) is 31.2. The van der Waals surface area contributed by atoms with E-state index in [1.54, 1.807) is 36.4 Å².